The Morgan fingerprint density at radius 3 is 2.00 bits per heavy atom. The highest BCUT2D eigenvalue weighted by atomic mass is 16.2. The molecular weight excluding hydrogens is 350 g/mol. The number of benzene rings is 2. The number of imide groups is 1. The van der Waals surface area contributed by atoms with E-state index >= 15 is 0 Å². The molecule has 0 spiro atoms. The molecular formula is C23H27N3O2. The second-order valence-corrected chi connectivity index (χ2v) is 6.81. The zero-order chi connectivity index (χ0) is 20.3. The number of amides is 2. The van der Waals surface area contributed by atoms with Gasteiger partial charge in [0.25, 0.3) is 11.8 Å². The van der Waals surface area contributed by atoms with E-state index < -0.39 is 0 Å². The van der Waals surface area contributed by atoms with Gasteiger partial charge in [0.1, 0.15) is 5.70 Å². The maximum Gasteiger partial charge on any atom is 0.278 e. The van der Waals surface area contributed by atoms with Crippen molar-refractivity contribution in [3.8, 4) is 0 Å². The van der Waals surface area contributed by atoms with E-state index in [4.69, 9.17) is 0 Å². The van der Waals surface area contributed by atoms with Crippen LogP contribution in [0.15, 0.2) is 54.2 Å². The van der Waals surface area contributed by atoms with Crippen molar-refractivity contribution >= 4 is 28.8 Å². The van der Waals surface area contributed by atoms with E-state index in [-0.39, 0.29) is 11.8 Å². The van der Waals surface area contributed by atoms with Gasteiger partial charge < -0.3 is 10.2 Å². The molecule has 0 fully saturated rings. The molecule has 1 heterocycles. The van der Waals surface area contributed by atoms with Crippen LogP contribution in [-0.2, 0) is 9.59 Å². The zero-order valence-electron chi connectivity index (χ0n) is 17.0. The maximum atomic E-state index is 12.9. The van der Waals surface area contributed by atoms with Crippen molar-refractivity contribution in [2.45, 2.75) is 27.7 Å². The lowest BCUT2D eigenvalue weighted by Gasteiger charge is -2.21. The van der Waals surface area contributed by atoms with Gasteiger partial charge in [-0.2, -0.15) is 0 Å². The smallest absolute Gasteiger partial charge is 0.278 e. The Labute approximate surface area is 166 Å². The molecule has 0 saturated carbocycles. The number of nitrogens with one attached hydrogen (secondary N) is 1. The Balaban J connectivity index is 1.97. The molecule has 0 saturated heterocycles. The summed E-state index contributed by atoms with van der Waals surface area (Å²) in [5, 5.41) is 3.20. The first-order valence-electron chi connectivity index (χ1n) is 9.79. The van der Waals surface area contributed by atoms with Crippen LogP contribution in [0, 0.1) is 6.92 Å². The van der Waals surface area contributed by atoms with Gasteiger partial charge in [-0.25, -0.2) is 0 Å². The number of nitrogens with zero attached hydrogens (tertiary/aromatic N) is 2. The van der Waals surface area contributed by atoms with Crippen LogP contribution >= 0.6 is 0 Å². The molecule has 146 valence electrons. The number of aryl methyl sites for hydroxylation is 1. The van der Waals surface area contributed by atoms with Crippen LogP contribution < -0.4 is 10.2 Å². The predicted molar refractivity (Wildman–Crippen MR) is 114 cm³/mol. The van der Waals surface area contributed by atoms with E-state index in [0.717, 1.165) is 35.6 Å². The molecule has 2 aromatic carbocycles. The Morgan fingerprint density at radius 2 is 1.46 bits per heavy atom. The lowest BCUT2D eigenvalue weighted by molar-refractivity contribution is -0.136. The summed E-state index contributed by atoms with van der Waals surface area (Å²) in [5.74, 6) is -0.533. The fourth-order valence-electron chi connectivity index (χ4n) is 3.46. The van der Waals surface area contributed by atoms with Crippen LogP contribution in [0.4, 0.5) is 11.4 Å². The summed E-state index contributed by atoms with van der Waals surface area (Å²) in [6, 6.07) is 15.6. The standard InChI is InChI=1S/C23H27N3O2/c1-5-25(6-2)19-14-12-18(13-15-19)24-21-20(17-10-8-16(4)9-11-17)22(27)26(7-3)23(21)28/h8-15,24H,5-7H2,1-4H3. The summed E-state index contributed by atoms with van der Waals surface area (Å²) in [6.45, 7) is 10.3. The van der Waals surface area contributed by atoms with Crippen LogP contribution in [0.1, 0.15) is 31.9 Å². The molecule has 28 heavy (non-hydrogen) atoms. The molecule has 0 radical (unpaired) electrons. The third kappa shape index (κ3) is 3.65. The van der Waals surface area contributed by atoms with E-state index in [9.17, 15) is 9.59 Å². The first-order chi connectivity index (χ1) is 13.5. The molecule has 0 atom stereocenters. The third-order valence-corrected chi connectivity index (χ3v) is 5.09. The van der Waals surface area contributed by atoms with Crippen molar-refractivity contribution in [2.24, 2.45) is 0 Å². The van der Waals surface area contributed by atoms with Gasteiger partial charge in [-0.1, -0.05) is 29.8 Å². The van der Waals surface area contributed by atoms with Crippen molar-refractivity contribution in [1.29, 1.82) is 0 Å². The molecule has 1 aliphatic heterocycles. The van der Waals surface area contributed by atoms with Gasteiger partial charge in [-0.05, 0) is 57.5 Å². The Kier molecular flexibility index (Phi) is 5.83. The largest absolute Gasteiger partial charge is 0.372 e. The molecule has 0 aromatic heterocycles. The average molecular weight is 377 g/mol. The number of hydrogen-bond acceptors (Lipinski definition) is 4. The van der Waals surface area contributed by atoms with Crippen molar-refractivity contribution in [1.82, 2.24) is 4.90 Å². The van der Waals surface area contributed by atoms with Crippen LogP contribution in [0.5, 0.6) is 0 Å². The minimum absolute atomic E-state index is 0.251. The summed E-state index contributed by atoms with van der Waals surface area (Å²) in [6.07, 6.45) is 0. The first kappa shape index (κ1) is 19.7. The van der Waals surface area contributed by atoms with Gasteiger partial charge in [0, 0.05) is 31.0 Å². The SMILES string of the molecule is CCN1C(=O)C(Nc2ccc(N(CC)CC)cc2)=C(c2ccc(C)cc2)C1=O. The summed E-state index contributed by atoms with van der Waals surface area (Å²) < 4.78 is 0. The maximum absolute atomic E-state index is 12.9. The molecule has 2 aromatic rings. The van der Waals surface area contributed by atoms with Gasteiger partial charge in [0.05, 0.1) is 5.57 Å². The highest BCUT2D eigenvalue weighted by Gasteiger charge is 2.38. The number of carbonyl (C=O) groups excluding carboxylic acids is 2. The molecule has 5 heteroatoms. The monoisotopic (exact) mass is 377 g/mol. The van der Waals surface area contributed by atoms with Gasteiger partial charge in [0.2, 0.25) is 0 Å². The molecule has 0 bridgehead atoms. The molecule has 1 N–H and O–H groups in total. The lowest BCUT2D eigenvalue weighted by Crippen LogP contribution is -2.32. The van der Waals surface area contributed by atoms with Gasteiger partial charge in [-0.3, -0.25) is 14.5 Å². The zero-order valence-corrected chi connectivity index (χ0v) is 17.0. The topological polar surface area (TPSA) is 52.7 Å². The van der Waals surface area contributed by atoms with Gasteiger partial charge in [-0.15, -0.1) is 0 Å². The van der Waals surface area contributed by atoms with E-state index in [1.807, 2.05) is 62.4 Å². The summed E-state index contributed by atoms with van der Waals surface area (Å²) in [5.41, 5.74) is 4.55. The average Bonchev–Trinajstić information content (AvgIpc) is 2.94. The lowest BCUT2D eigenvalue weighted by atomic mass is 10.0. The fourth-order valence-corrected chi connectivity index (χ4v) is 3.46. The van der Waals surface area contributed by atoms with Crippen LogP contribution in [0.3, 0.4) is 0 Å². The highest BCUT2D eigenvalue weighted by molar-refractivity contribution is 6.36. The minimum atomic E-state index is -0.282. The number of hydrogen-bond donors (Lipinski definition) is 1. The molecule has 3 rings (SSSR count). The third-order valence-electron chi connectivity index (χ3n) is 5.09. The van der Waals surface area contributed by atoms with Gasteiger partial charge in [0.15, 0.2) is 0 Å². The van der Waals surface area contributed by atoms with Crippen LogP contribution in [-0.4, -0.2) is 36.3 Å². The molecule has 2 amide bonds. The summed E-state index contributed by atoms with van der Waals surface area (Å²) in [7, 11) is 0. The molecule has 1 aliphatic rings. The Bertz CT molecular complexity index is 894. The quantitative estimate of drug-likeness (QED) is 0.740. The van der Waals surface area contributed by atoms with Gasteiger partial charge >= 0.3 is 0 Å². The van der Waals surface area contributed by atoms with Crippen LogP contribution in [0.2, 0.25) is 0 Å². The highest BCUT2D eigenvalue weighted by Crippen LogP contribution is 2.31. The number of carbonyl (C=O) groups is 2. The van der Waals surface area contributed by atoms with Crippen molar-refractivity contribution in [3.05, 3.63) is 65.4 Å². The molecule has 0 aliphatic carbocycles. The Morgan fingerprint density at radius 1 is 0.857 bits per heavy atom. The van der Waals surface area contributed by atoms with E-state index in [2.05, 4.69) is 24.1 Å². The molecule has 0 unspecified atom stereocenters. The summed E-state index contributed by atoms with van der Waals surface area (Å²) >= 11 is 0. The number of rotatable bonds is 7. The predicted octanol–water partition coefficient (Wildman–Crippen LogP) is 4.05. The van der Waals surface area contributed by atoms with E-state index in [0.29, 0.717) is 17.8 Å². The summed E-state index contributed by atoms with van der Waals surface area (Å²) in [4.78, 5) is 29.2. The normalized spacial score (nSPS) is 14.1. The van der Waals surface area contributed by atoms with E-state index in [1.165, 1.54) is 4.90 Å². The number of likely N-dealkylation sites (N-methyl/N-ethyl adjacent to an activating group) is 1. The van der Waals surface area contributed by atoms with Crippen LogP contribution in [0.25, 0.3) is 5.57 Å². The van der Waals surface area contributed by atoms with Crippen molar-refractivity contribution in [3.63, 3.8) is 0 Å². The second kappa shape index (κ2) is 8.30. The fraction of sp³-hybridized carbons (Fsp3) is 0.304. The van der Waals surface area contributed by atoms with Crippen molar-refractivity contribution < 1.29 is 9.59 Å². The number of anilines is 2. The molecule has 5 nitrogen and oxygen atoms in total. The Hall–Kier alpha value is -3.08. The first-order valence-corrected chi connectivity index (χ1v) is 9.79. The van der Waals surface area contributed by atoms with E-state index in [1.54, 1.807) is 0 Å². The second-order valence-electron chi connectivity index (χ2n) is 6.81. The van der Waals surface area contributed by atoms with Crippen molar-refractivity contribution in [2.75, 3.05) is 29.9 Å². The minimum Gasteiger partial charge on any atom is -0.372 e.